The minimum absolute atomic E-state index is 0.235. The summed E-state index contributed by atoms with van der Waals surface area (Å²) >= 11 is 0. The topological polar surface area (TPSA) is 134 Å². The zero-order valence-electron chi connectivity index (χ0n) is 23.0. The summed E-state index contributed by atoms with van der Waals surface area (Å²) in [6.45, 7) is 2.81. The summed E-state index contributed by atoms with van der Waals surface area (Å²) in [5, 5.41) is 29.0. The lowest BCUT2D eigenvalue weighted by Gasteiger charge is -2.31. The van der Waals surface area contributed by atoms with E-state index in [2.05, 4.69) is 42.5 Å². The van der Waals surface area contributed by atoms with E-state index in [1.54, 1.807) is 23.5 Å². The lowest BCUT2D eigenvalue weighted by atomic mass is 9.95. The predicted octanol–water partition coefficient (Wildman–Crippen LogP) is 5.56. The number of nitrogens with zero attached hydrogens (tertiary/aromatic N) is 6. The molecule has 208 valence electrons. The van der Waals surface area contributed by atoms with E-state index < -0.39 is 0 Å². The SMILES string of the molecule is N=C(c1ccc(CN2CCC(c3nc(-c4ccncc4)n[nH]3)CC2)cc1)N1C(=N)c2ccccc2Nc2ncccc21. The Morgan fingerprint density at radius 2 is 1.69 bits per heavy atom. The number of aromatic amines is 1. The fourth-order valence-corrected chi connectivity index (χ4v) is 5.68. The maximum Gasteiger partial charge on any atom is 0.181 e. The molecule has 0 saturated carbocycles. The van der Waals surface area contributed by atoms with Gasteiger partial charge in [-0.25, -0.2) is 9.97 Å². The van der Waals surface area contributed by atoms with Crippen molar-refractivity contribution >= 4 is 28.9 Å². The molecule has 0 spiro atoms. The van der Waals surface area contributed by atoms with Crippen LogP contribution in [-0.2, 0) is 6.54 Å². The molecule has 4 N–H and O–H groups in total. The number of likely N-dealkylation sites (tertiary alicyclic amines) is 1. The van der Waals surface area contributed by atoms with Gasteiger partial charge in [-0.05, 0) is 67.9 Å². The maximum absolute atomic E-state index is 9.11. The number of hydrogen-bond acceptors (Lipinski definition) is 8. The largest absolute Gasteiger partial charge is 0.338 e. The maximum atomic E-state index is 9.11. The number of piperidine rings is 1. The van der Waals surface area contributed by atoms with Crippen molar-refractivity contribution in [3.63, 3.8) is 0 Å². The van der Waals surface area contributed by atoms with E-state index in [-0.39, 0.29) is 11.7 Å². The van der Waals surface area contributed by atoms with E-state index in [0.717, 1.165) is 66.5 Å². The first-order chi connectivity index (χ1) is 20.6. The summed E-state index contributed by atoms with van der Waals surface area (Å²) in [5.41, 5.74) is 5.11. The Kier molecular flexibility index (Phi) is 6.73. The molecule has 1 saturated heterocycles. The zero-order valence-corrected chi connectivity index (χ0v) is 23.0. The highest BCUT2D eigenvalue weighted by molar-refractivity contribution is 6.30. The number of para-hydroxylation sites is 1. The highest BCUT2D eigenvalue weighted by atomic mass is 15.3. The van der Waals surface area contributed by atoms with Gasteiger partial charge in [0.05, 0.1) is 11.4 Å². The van der Waals surface area contributed by atoms with Crippen LogP contribution in [0.4, 0.5) is 17.2 Å². The summed E-state index contributed by atoms with van der Waals surface area (Å²) in [4.78, 5) is 17.4. The Bertz CT molecular complexity index is 1740. The van der Waals surface area contributed by atoms with Crippen molar-refractivity contribution in [1.82, 2.24) is 30.0 Å². The summed E-state index contributed by atoms with van der Waals surface area (Å²) in [6, 6.07) is 23.4. The first kappa shape index (κ1) is 25.7. The quantitative estimate of drug-likeness (QED) is 0.165. The second kappa shape index (κ2) is 11.0. The van der Waals surface area contributed by atoms with E-state index in [9.17, 15) is 0 Å². The molecule has 3 aromatic heterocycles. The molecule has 2 aliphatic rings. The average Bonchev–Trinajstić information content (AvgIpc) is 3.49. The Labute approximate surface area is 243 Å². The Hall–Kier alpha value is -5.22. The molecule has 0 unspecified atom stereocenters. The Morgan fingerprint density at radius 1 is 0.905 bits per heavy atom. The third-order valence-electron chi connectivity index (χ3n) is 7.96. The van der Waals surface area contributed by atoms with Gasteiger partial charge in [0, 0.05) is 47.7 Å². The molecular formula is C32H30N10. The highest BCUT2D eigenvalue weighted by Crippen LogP contribution is 2.35. The minimum atomic E-state index is 0.235. The zero-order chi connectivity index (χ0) is 28.5. The molecule has 5 aromatic rings. The van der Waals surface area contributed by atoms with Crippen LogP contribution in [0.3, 0.4) is 0 Å². The fourth-order valence-electron chi connectivity index (χ4n) is 5.68. The molecule has 0 radical (unpaired) electrons. The first-order valence-electron chi connectivity index (χ1n) is 14.1. The van der Waals surface area contributed by atoms with Gasteiger partial charge in [-0.3, -0.25) is 30.7 Å². The van der Waals surface area contributed by atoms with Gasteiger partial charge < -0.3 is 5.32 Å². The first-order valence-corrected chi connectivity index (χ1v) is 14.1. The van der Waals surface area contributed by atoms with E-state index in [1.165, 1.54) is 5.56 Å². The van der Waals surface area contributed by atoms with Crippen molar-refractivity contribution in [3.8, 4) is 11.4 Å². The van der Waals surface area contributed by atoms with Gasteiger partial charge in [0.15, 0.2) is 11.6 Å². The van der Waals surface area contributed by atoms with Gasteiger partial charge in [-0.1, -0.05) is 36.4 Å². The molecule has 5 heterocycles. The summed E-state index contributed by atoms with van der Waals surface area (Å²) in [7, 11) is 0. The number of hydrogen-bond donors (Lipinski definition) is 4. The van der Waals surface area contributed by atoms with Crippen molar-refractivity contribution in [2.45, 2.75) is 25.3 Å². The van der Waals surface area contributed by atoms with Gasteiger partial charge >= 0.3 is 0 Å². The molecule has 0 aliphatic carbocycles. The van der Waals surface area contributed by atoms with Gasteiger partial charge in [0.2, 0.25) is 0 Å². The van der Waals surface area contributed by atoms with Crippen LogP contribution in [0.25, 0.3) is 11.4 Å². The molecule has 1 fully saturated rings. The van der Waals surface area contributed by atoms with Crippen molar-refractivity contribution < 1.29 is 0 Å². The summed E-state index contributed by atoms with van der Waals surface area (Å²) in [5.74, 6) is 3.14. The van der Waals surface area contributed by atoms with E-state index in [1.807, 2.05) is 60.7 Å². The van der Waals surface area contributed by atoms with Crippen LogP contribution in [0.5, 0.6) is 0 Å². The Balaban J connectivity index is 1.02. The number of rotatable bonds is 5. The normalized spacial score (nSPS) is 15.4. The number of pyridine rings is 2. The van der Waals surface area contributed by atoms with Crippen LogP contribution in [0.15, 0.2) is 91.4 Å². The average molecular weight is 555 g/mol. The molecule has 7 rings (SSSR count). The number of anilines is 3. The molecule has 10 heteroatoms. The molecule has 0 amide bonds. The summed E-state index contributed by atoms with van der Waals surface area (Å²) < 4.78 is 0. The molecule has 2 aromatic carbocycles. The number of fused-ring (bicyclic) bond motifs is 2. The van der Waals surface area contributed by atoms with Crippen LogP contribution in [0.2, 0.25) is 0 Å². The molecule has 0 bridgehead atoms. The van der Waals surface area contributed by atoms with E-state index >= 15 is 0 Å². The van der Waals surface area contributed by atoms with Gasteiger partial charge in [-0.2, -0.15) is 5.10 Å². The third-order valence-corrected chi connectivity index (χ3v) is 7.96. The number of nitrogens with one attached hydrogen (secondary N) is 4. The fraction of sp³-hybridized carbons (Fsp3) is 0.188. The smallest absolute Gasteiger partial charge is 0.181 e. The van der Waals surface area contributed by atoms with Crippen molar-refractivity contribution in [2.24, 2.45) is 0 Å². The van der Waals surface area contributed by atoms with Crippen LogP contribution < -0.4 is 10.2 Å². The van der Waals surface area contributed by atoms with Crippen LogP contribution in [0, 0.1) is 10.8 Å². The number of benzene rings is 2. The van der Waals surface area contributed by atoms with Crippen molar-refractivity contribution in [3.05, 3.63) is 114 Å². The number of H-pyrrole nitrogens is 1. The molecule has 0 atom stereocenters. The molecule has 10 nitrogen and oxygen atoms in total. The molecule has 42 heavy (non-hydrogen) atoms. The second-order valence-electron chi connectivity index (χ2n) is 10.6. The van der Waals surface area contributed by atoms with Gasteiger partial charge in [-0.15, -0.1) is 0 Å². The minimum Gasteiger partial charge on any atom is -0.338 e. The predicted molar refractivity (Wildman–Crippen MR) is 163 cm³/mol. The monoisotopic (exact) mass is 554 g/mol. The van der Waals surface area contributed by atoms with Gasteiger partial charge in [0.25, 0.3) is 0 Å². The van der Waals surface area contributed by atoms with E-state index in [4.69, 9.17) is 15.8 Å². The van der Waals surface area contributed by atoms with Crippen LogP contribution in [0.1, 0.15) is 41.3 Å². The number of aromatic nitrogens is 5. The van der Waals surface area contributed by atoms with Crippen molar-refractivity contribution in [1.29, 1.82) is 10.8 Å². The lowest BCUT2D eigenvalue weighted by Crippen LogP contribution is -2.36. The molecule has 2 aliphatic heterocycles. The summed E-state index contributed by atoms with van der Waals surface area (Å²) in [6.07, 6.45) is 7.27. The van der Waals surface area contributed by atoms with Crippen LogP contribution in [-0.4, -0.2) is 54.8 Å². The standard InChI is InChI=1S/C32H30N10/c33-28(42-27-6-3-15-36-32(27)37-26-5-2-1-4-25(26)29(42)34)22-9-7-21(8-10-22)20-41-18-13-24(14-19-41)31-38-30(39-40-31)23-11-16-35-17-12-23/h1-12,15-17,24,33-34H,13-14,18-20H2,(H,36,37)(H,38,39,40). The van der Waals surface area contributed by atoms with Crippen molar-refractivity contribution in [2.75, 3.05) is 23.3 Å². The lowest BCUT2D eigenvalue weighted by molar-refractivity contribution is 0.202. The van der Waals surface area contributed by atoms with E-state index in [0.29, 0.717) is 17.4 Å². The number of amidine groups is 2. The Morgan fingerprint density at radius 3 is 2.50 bits per heavy atom. The van der Waals surface area contributed by atoms with Crippen LogP contribution >= 0.6 is 0 Å². The molecular weight excluding hydrogens is 524 g/mol. The third kappa shape index (κ3) is 4.92. The highest BCUT2D eigenvalue weighted by Gasteiger charge is 2.28. The van der Waals surface area contributed by atoms with Gasteiger partial charge in [0.1, 0.15) is 17.5 Å². The second-order valence-corrected chi connectivity index (χ2v) is 10.6.